The molecule has 98 valence electrons. The fourth-order valence-electron chi connectivity index (χ4n) is 2.42. The Labute approximate surface area is 110 Å². The minimum Gasteiger partial charge on any atom is -0.497 e. The van der Waals surface area contributed by atoms with Crippen molar-refractivity contribution in [3.05, 3.63) is 41.5 Å². The number of methoxy groups -OCH3 is 1. The highest BCUT2D eigenvalue weighted by Crippen LogP contribution is 2.21. The molecule has 1 aliphatic rings. The molecule has 1 N–H and O–H groups in total. The van der Waals surface area contributed by atoms with Crippen molar-refractivity contribution in [3.8, 4) is 5.75 Å². The van der Waals surface area contributed by atoms with Crippen molar-refractivity contribution >= 4 is 0 Å². The predicted octanol–water partition coefficient (Wildman–Crippen LogP) is 3.85. The number of ether oxygens (including phenoxy) is 1. The standard InChI is InChI=1S/C16H23NO/c1-13(15-7-9-16(18-2)10-8-15)17-12-11-14-5-3-4-6-14/h5,7-10,13,17H,3-4,6,11-12H2,1-2H3. The molecule has 1 aromatic carbocycles. The van der Waals surface area contributed by atoms with E-state index in [1.807, 2.05) is 12.1 Å². The molecule has 0 fully saturated rings. The lowest BCUT2D eigenvalue weighted by atomic mass is 10.1. The highest BCUT2D eigenvalue weighted by atomic mass is 16.5. The van der Waals surface area contributed by atoms with Crippen LogP contribution in [0.3, 0.4) is 0 Å². The van der Waals surface area contributed by atoms with Crippen molar-refractivity contribution in [1.82, 2.24) is 5.32 Å². The van der Waals surface area contributed by atoms with Crippen molar-refractivity contribution in [2.24, 2.45) is 0 Å². The minimum absolute atomic E-state index is 0.401. The van der Waals surface area contributed by atoms with E-state index >= 15 is 0 Å². The van der Waals surface area contributed by atoms with Crippen molar-refractivity contribution in [2.45, 2.75) is 38.6 Å². The van der Waals surface area contributed by atoms with Crippen molar-refractivity contribution in [3.63, 3.8) is 0 Å². The van der Waals surface area contributed by atoms with Crippen LogP contribution in [0.15, 0.2) is 35.9 Å². The van der Waals surface area contributed by atoms with Crippen LogP contribution < -0.4 is 10.1 Å². The van der Waals surface area contributed by atoms with Gasteiger partial charge in [-0.2, -0.15) is 0 Å². The van der Waals surface area contributed by atoms with Gasteiger partial charge in [0.2, 0.25) is 0 Å². The van der Waals surface area contributed by atoms with Crippen molar-refractivity contribution in [1.29, 1.82) is 0 Å². The summed E-state index contributed by atoms with van der Waals surface area (Å²) in [5.41, 5.74) is 2.95. The Morgan fingerprint density at radius 1 is 1.28 bits per heavy atom. The molecule has 0 bridgehead atoms. The van der Waals surface area contributed by atoms with E-state index in [1.165, 1.54) is 31.2 Å². The molecule has 0 aliphatic heterocycles. The molecule has 2 heteroatoms. The van der Waals surface area contributed by atoms with Gasteiger partial charge in [-0.1, -0.05) is 23.8 Å². The molecule has 1 aromatic rings. The van der Waals surface area contributed by atoms with E-state index in [0.29, 0.717) is 6.04 Å². The zero-order chi connectivity index (χ0) is 12.8. The van der Waals surface area contributed by atoms with Crippen molar-refractivity contribution < 1.29 is 4.74 Å². The van der Waals surface area contributed by atoms with E-state index in [2.05, 4.69) is 30.4 Å². The first-order valence-electron chi connectivity index (χ1n) is 6.85. The van der Waals surface area contributed by atoms with Crippen LogP contribution >= 0.6 is 0 Å². The van der Waals surface area contributed by atoms with Crippen LogP contribution in [-0.2, 0) is 0 Å². The zero-order valence-electron chi connectivity index (χ0n) is 11.4. The molecule has 1 unspecified atom stereocenters. The average Bonchev–Trinajstić information content (AvgIpc) is 2.92. The van der Waals surface area contributed by atoms with E-state index in [9.17, 15) is 0 Å². The third kappa shape index (κ3) is 3.61. The molecule has 0 radical (unpaired) electrons. The second-order valence-electron chi connectivity index (χ2n) is 4.95. The third-order valence-electron chi connectivity index (χ3n) is 3.65. The Morgan fingerprint density at radius 2 is 2.06 bits per heavy atom. The lowest BCUT2D eigenvalue weighted by Gasteiger charge is -2.15. The van der Waals surface area contributed by atoms with Crippen LogP contribution in [0.2, 0.25) is 0 Å². The van der Waals surface area contributed by atoms with Gasteiger partial charge < -0.3 is 10.1 Å². The first-order chi connectivity index (χ1) is 8.79. The van der Waals surface area contributed by atoms with Gasteiger partial charge >= 0.3 is 0 Å². The maximum Gasteiger partial charge on any atom is 0.118 e. The van der Waals surface area contributed by atoms with Gasteiger partial charge in [-0.3, -0.25) is 0 Å². The van der Waals surface area contributed by atoms with E-state index < -0.39 is 0 Å². The molecule has 0 amide bonds. The summed E-state index contributed by atoms with van der Waals surface area (Å²) in [5.74, 6) is 0.919. The summed E-state index contributed by atoms with van der Waals surface area (Å²) in [7, 11) is 1.70. The van der Waals surface area contributed by atoms with Gasteiger partial charge in [0.05, 0.1) is 7.11 Å². The fraction of sp³-hybridized carbons (Fsp3) is 0.500. The van der Waals surface area contributed by atoms with Crippen LogP contribution in [0.1, 0.15) is 44.2 Å². The number of hydrogen-bond acceptors (Lipinski definition) is 2. The summed E-state index contributed by atoms with van der Waals surface area (Å²) in [6, 6.07) is 8.70. The summed E-state index contributed by atoms with van der Waals surface area (Å²) < 4.78 is 5.17. The molecule has 0 spiro atoms. The highest BCUT2D eigenvalue weighted by Gasteiger charge is 2.07. The number of allylic oxidation sites excluding steroid dienone is 1. The molecule has 0 saturated heterocycles. The Balaban J connectivity index is 1.77. The highest BCUT2D eigenvalue weighted by molar-refractivity contribution is 5.28. The fourth-order valence-corrected chi connectivity index (χ4v) is 2.42. The zero-order valence-corrected chi connectivity index (χ0v) is 11.4. The SMILES string of the molecule is COc1ccc(C(C)NCCC2=CCCC2)cc1. The predicted molar refractivity (Wildman–Crippen MR) is 76.0 cm³/mol. The molecule has 0 heterocycles. The summed E-state index contributed by atoms with van der Waals surface area (Å²) in [6.07, 6.45) is 7.53. The van der Waals surface area contributed by atoms with Gasteiger partial charge in [0.25, 0.3) is 0 Å². The molecule has 0 aromatic heterocycles. The number of hydrogen-bond donors (Lipinski definition) is 1. The Bertz CT molecular complexity index is 394. The quantitative estimate of drug-likeness (QED) is 0.769. The molecular formula is C16H23NO. The second-order valence-corrected chi connectivity index (χ2v) is 4.95. The van der Waals surface area contributed by atoms with E-state index in [0.717, 1.165) is 12.3 Å². The summed E-state index contributed by atoms with van der Waals surface area (Å²) in [4.78, 5) is 0. The first-order valence-corrected chi connectivity index (χ1v) is 6.85. The maximum absolute atomic E-state index is 5.17. The minimum atomic E-state index is 0.401. The van der Waals surface area contributed by atoms with Crippen molar-refractivity contribution in [2.75, 3.05) is 13.7 Å². The Kier molecular flexibility index (Phi) is 4.82. The second kappa shape index (κ2) is 6.60. The van der Waals surface area contributed by atoms with Gasteiger partial charge in [-0.15, -0.1) is 0 Å². The average molecular weight is 245 g/mol. The largest absolute Gasteiger partial charge is 0.497 e. The van der Waals surface area contributed by atoms with Gasteiger partial charge in [0.15, 0.2) is 0 Å². The lowest BCUT2D eigenvalue weighted by Crippen LogP contribution is -2.20. The summed E-state index contributed by atoms with van der Waals surface area (Å²) in [5, 5.41) is 3.58. The van der Waals surface area contributed by atoms with Crippen LogP contribution in [0.4, 0.5) is 0 Å². The van der Waals surface area contributed by atoms with E-state index in [-0.39, 0.29) is 0 Å². The van der Waals surface area contributed by atoms with Gasteiger partial charge in [0, 0.05) is 6.04 Å². The number of benzene rings is 1. The molecule has 1 atom stereocenters. The molecular weight excluding hydrogens is 222 g/mol. The molecule has 1 aliphatic carbocycles. The third-order valence-corrected chi connectivity index (χ3v) is 3.65. The monoisotopic (exact) mass is 245 g/mol. The number of rotatable bonds is 6. The molecule has 0 saturated carbocycles. The van der Waals surface area contributed by atoms with Gasteiger partial charge in [-0.25, -0.2) is 0 Å². The molecule has 2 rings (SSSR count). The topological polar surface area (TPSA) is 21.3 Å². The van der Waals surface area contributed by atoms with Gasteiger partial charge in [-0.05, 0) is 56.8 Å². The summed E-state index contributed by atoms with van der Waals surface area (Å²) in [6.45, 7) is 3.28. The first kappa shape index (κ1) is 13.2. The van der Waals surface area contributed by atoms with Crippen LogP contribution in [0.5, 0.6) is 5.75 Å². The number of nitrogens with one attached hydrogen (secondary N) is 1. The Hall–Kier alpha value is -1.28. The Morgan fingerprint density at radius 3 is 2.67 bits per heavy atom. The van der Waals surface area contributed by atoms with Crippen LogP contribution in [0, 0.1) is 0 Å². The van der Waals surface area contributed by atoms with Crippen LogP contribution in [-0.4, -0.2) is 13.7 Å². The van der Waals surface area contributed by atoms with Crippen LogP contribution in [0.25, 0.3) is 0 Å². The molecule has 18 heavy (non-hydrogen) atoms. The van der Waals surface area contributed by atoms with E-state index in [4.69, 9.17) is 4.74 Å². The molecule has 2 nitrogen and oxygen atoms in total. The normalized spacial score (nSPS) is 16.4. The summed E-state index contributed by atoms with van der Waals surface area (Å²) >= 11 is 0. The lowest BCUT2D eigenvalue weighted by molar-refractivity contribution is 0.414. The maximum atomic E-state index is 5.17. The van der Waals surface area contributed by atoms with Gasteiger partial charge in [0.1, 0.15) is 5.75 Å². The smallest absolute Gasteiger partial charge is 0.118 e. The van der Waals surface area contributed by atoms with E-state index in [1.54, 1.807) is 12.7 Å².